The van der Waals surface area contributed by atoms with E-state index in [1.165, 1.54) is 24.1 Å². The molecule has 2 unspecified atom stereocenters. The minimum Gasteiger partial charge on any atom is -0.453 e. The van der Waals surface area contributed by atoms with Crippen LogP contribution in [0.25, 0.3) is 33.3 Å². The average molecular weight is 812 g/mol. The summed E-state index contributed by atoms with van der Waals surface area (Å²) in [5, 5.41) is 5.41. The Morgan fingerprint density at radius 1 is 0.915 bits per heavy atom. The number of nitrogens with two attached hydrogens (primary N) is 1. The van der Waals surface area contributed by atoms with Crippen molar-refractivity contribution < 1.29 is 42.2 Å². The Kier molecular flexibility index (Phi) is 11.2. The molecule has 0 radical (unpaired) electrons. The number of likely N-dealkylation sites (tertiary alicyclic amines) is 2. The van der Waals surface area contributed by atoms with Crippen LogP contribution in [0.2, 0.25) is 0 Å². The van der Waals surface area contributed by atoms with E-state index in [4.69, 9.17) is 20.2 Å². The number of H-pyrrole nitrogens is 1. The fourth-order valence-electron chi connectivity index (χ4n) is 8.51. The number of anilines is 1. The average Bonchev–Trinajstić information content (AvgIpc) is 4.01. The first-order valence-electron chi connectivity index (χ1n) is 19.7. The van der Waals surface area contributed by atoms with Gasteiger partial charge in [-0.05, 0) is 90.1 Å². The van der Waals surface area contributed by atoms with Gasteiger partial charge in [-0.1, -0.05) is 52.0 Å². The molecule has 2 aliphatic heterocycles. The SMILES string of the molecule is COC(=O)NC(C(=O)N1CCC[C@H]1c1nc2ccc(-c3ccc4c(c3)C(F)(F)c3cc(NC(=O)[C@@H]5CCCN5C(=C=O)C(OC(N)=O)C(C)C)ccc3-4)cc2[nH]1)C(C)C. The summed E-state index contributed by atoms with van der Waals surface area (Å²) in [5.41, 5.74) is 8.29. The second kappa shape index (κ2) is 16.2. The highest BCUT2D eigenvalue weighted by atomic mass is 19.3. The van der Waals surface area contributed by atoms with Crippen LogP contribution >= 0.6 is 0 Å². The number of fused-ring (bicyclic) bond motifs is 4. The Hall–Kier alpha value is -6.28. The van der Waals surface area contributed by atoms with E-state index in [0.29, 0.717) is 71.5 Å². The topological polar surface area (TPSA) is 189 Å². The van der Waals surface area contributed by atoms with E-state index >= 15 is 8.78 Å². The summed E-state index contributed by atoms with van der Waals surface area (Å²) in [7, 11) is 1.25. The van der Waals surface area contributed by atoms with Crippen molar-refractivity contribution in [3.63, 3.8) is 0 Å². The predicted molar refractivity (Wildman–Crippen MR) is 215 cm³/mol. The number of hydrogen-bond donors (Lipinski definition) is 4. The zero-order chi connectivity index (χ0) is 42.3. The maximum absolute atomic E-state index is 16.4. The molecule has 2 saturated heterocycles. The normalized spacial score (nSPS) is 18.9. The van der Waals surface area contributed by atoms with E-state index in [0.717, 1.165) is 6.42 Å². The number of primary amides is 1. The third-order valence-electron chi connectivity index (χ3n) is 11.4. The molecule has 4 amide bonds. The molecule has 2 fully saturated rings. The fraction of sp³-hybridized carbons (Fsp3) is 0.419. The van der Waals surface area contributed by atoms with Gasteiger partial charge in [0.2, 0.25) is 11.8 Å². The number of hydrogen-bond acceptors (Lipinski definition) is 9. The van der Waals surface area contributed by atoms with E-state index in [2.05, 4.69) is 15.6 Å². The number of alkyl carbamates (subject to hydrolysis) is 1. The third kappa shape index (κ3) is 7.72. The van der Waals surface area contributed by atoms with Crippen molar-refractivity contribution in [2.45, 2.75) is 83.5 Å². The van der Waals surface area contributed by atoms with Crippen LogP contribution in [-0.4, -0.2) is 88.1 Å². The minimum atomic E-state index is -3.38. The van der Waals surface area contributed by atoms with Crippen molar-refractivity contribution in [1.29, 1.82) is 0 Å². The summed E-state index contributed by atoms with van der Waals surface area (Å²) in [6.07, 6.45) is -0.373. The van der Waals surface area contributed by atoms with Gasteiger partial charge in [0.15, 0.2) is 6.10 Å². The van der Waals surface area contributed by atoms with E-state index in [9.17, 15) is 24.0 Å². The summed E-state index contributed by atoms with van der Waals surface area (Å²) in [6.45, 7) is 8.02. The molecular formula is C43H47F2N7O7. The van der Waals surface area contributed by atoms with Gasteiger partial charge in [0.1, 0.15) is 29.5 Å². The Morgan fingerprint density at radius 2 is 1.58 bits per heavy atom. The standard InChI is InChI=1S/C43H47F2N7O7/c1-22(2)36(50-42(57)58-5)40(55)52-17-6-8-33(52)38-48-31-15-11-25(19-32(31)49-38)24-10-13-27-28-14-12-26(20-30(28)43(44,45)29(27)18-24)47-39(54)34-9-7-16-51(34)35(21-53)37(23(3)4)59-41(46)56/h10-15,18-20,22-23,33-34,36-37H,6-9,16-17H2,1-5H3,(H2,46,56)(H,47,54)(H,48,49)(H,50,57)/t33-,34-,36?,37?/m0/s1. The molecule has 4 aromatic rings. The summed E-state index contributed by atoms with van der Waals surface area (Å²) in [5.74, 6) is -2.18. The number of alkyl halides is 2. The summed E-state index contributed by atoms with van der Waals surface area (Å²) in [6, 6.07) is 12.9. The van der Waals surface area contributed by atoms with Gasteiger partial charge in [-0.15, -0.1) is 0 Å². The lowest BCUT2D eigenvalue weighted by Crippen LogP contribution is -2.51. The Balaban J connectivity index is 1.09. The monoisotopic (exact) mass is 811 g/mol. The van der Waals surface area contributed by atoms with Crippen LogP contribution in [0.3, 0.4) is 0 Å². The van der Waals surface area contributed by atoms with Crippen molar-refractivity contribution in [2.75, 3.05) is 25.5 Å². The first kappa shape index (κ1) is 40.9. The lowest BCUT2D eigenvalue weighted by molar-refractivity contribution is -0.135. The zero-order valence-corrected chi connectivity index (χ0v) is 33.4. The number of nitrogens with one attached hydrogen (secondary N) is 3. The molecule has 4 atom stereocenters. The molecule has 0 spiro atoms. The number of amides is 4. The summed E-state index contributed by atoms with van der Waals surface area (Å²) >= 11 is 0. The van der Waals surface area contributed by atoms with E-state index < -0.39 is 42.2 Å². The van der Waals surface area contributed by atoms with Crippen molar-refractivity contribution >= 4 is 46.7 Å². The van der Waals surface area contributed by atoms with Gasteiger partial charge in [-0.2, -0.15) is 8.78 Å². The van der Waals surface area contributed by atoms with Gasteiger partial charge in [0.25, 0.3) is 5.92 Å². The molecule has 1 aliphatic carbocycles. The molecule has 3 aromatic carbocycles. The number of benzene rings is 3. The number of carbonyl (C=O) groups is 4. The van der Waals surface area contributed by atoms with E-state index in [-0.39, 0.29) is 46.3 Å². The second-order valence-corrected chi connectivity index (χ2v) is 15.9. The largest absolute Gasteiger partial charge is 0.453 e. The first-order valence-corrected chi connectivity index (χ1v) is 19.7. The van der Waals surface area contributed by atoms with Crippen LogP contribution in [0, 0.1) is 11.8 Å². The lowest BCUT2D eigenvalue weighted by Gasteiger charge is -2.31. The van der Waals surface area contributed by atoms with Crippen LogP contribution in [0.15, 0.2) is 60.3 Å². The van der Waals surface area contributed by atoms with Crippen molar-refractivity contribution in [1.82, 2.24) is 25.1 Å². The zero-order valence-electron chi connectivity index (χ0n) is 33.4. The number of nitrogens with zero attached hydrogens (tertiary/aromatic N) is 3. The van der Waals surface area contributed by atoms with Crippen LogP contribution in [0.1, 0.15) is 76.4 Å². The molecule has 310 valence electrons. The predicted octanol–water partition coefficient (Wildman–Crippen LogP) is 6.63. The molecule has 0 saturated carbocycles. The highest BCUT2D eigenvalue weighted by Crippen LogP contribution is 2.52. The van der Waals surface area contributed by atoms with Crippen LogP contribution in [0.5, 0.6) is 0 Å². The molecular weight excluding hydrogens is 765 g/mol. The number of rotatable bonds is 11. The van der Waals surface area contributed by atoms with Gasteiger partial charge in [0, 0.05) is 29.9 Å². The van der Waals surface area contributed by atoms with Crippen molar-refractivity contribution in [3.8, 4) is 22.3 Å². The molecule has 59 heavy (non-hydrogen) atoms. The molecule has 1 aromatic heterocycles. The first-order chi connectivity index (χ1) is 28.1. The Labute approximate surface area is 339 Å². The van der Waals surface area contributed by atoms with Crippen LogP contribution < -0.4 is 16.4 Å². The lowest BCUT2D eigenvalue weighted by atomic mass is 9.98. The fourth-order valence-corrected chi connectivity index (χ4v) is 8.51. The smallest absolute Gasteiger partial charge is 0.407 e. The summed E-state index contributed by atoms with van der Waals surface area (Å²) < 4.78 is 42.6. The number of carbonyl (C=O) groups excluding carboxylic acids is 5. The number of aromatic nitrogens is 2. The number of imidazole rings is 1. The maximum atomic E-state index is 16.4. The summed E-state index contributed by atoms with van der Waals surface area (Å²) in [4.78, 5) is 74.3. The molecule has 3 aliphatic rings. The number of aromatic amines is 1. The molecule has 5 N–H and O–H groups in total. The van der Waals surface area contributed by atoms with E-state index in [1.807, 2.05) is 38.0 Å². The second-order valence-electron chi connectivity index (χ2n) is 15.9. The van der Waals surface area contributed by atoms with Crippen LogP contribution in [0.4, 0.5) is 24.1 Å². The molecule has 3 heterocycles. The van der Waals surface area contributed by atoms with Gasteiger partial charge in [-0.25, -0.2) is 19.4 Å². The van der Waals surface area contributed by atoms with Crippen LogP contribution in [-0.2, 0) is 29.8 Å². The quantitative estimate of drug-likeness (QED) is 0.121. The van der Waals surface area contributed by atoms with Crippen molar-refractivity contribution in [2.24, 2.45) is 17.6 Å². The van der Waals surface area contributed by atoms with Gasteiger partial charge >= 0.3 is 12.2 Å². The number of ether oxygens (including phenoxy) is 2. The highest BCUT2D eigenvalue weighted by molar-refractivity contribution is 5.96. The maximum Gasteiger partial charge on any atom is 0.407 e. The number of halogens is 2. The van der Waals surface area contributed by atoms with Gasteiger partial charge < -0.3 is 40.6 Å². The van der Waals surface area contributed by atoms with Gasteiger partial charge in [0.05, 0.1) is 24.2 Å². The highest BCUT2D eigenvalue weighted by Gasteiger charge is 2.45. The molecule has 7 rings (SSSR count). The Bertz CT molecular complexity index is 2370. The third-order valence-corrected chi connectivity index (χ3v) is 11.4. The Morgan fingerprint density at radius 3 is 2.25 bits per heavy atom. The van der Waals surface area contributed by atoms with Gasteiger partial charge in [-0.3, -0.25) is 9.59 Å². The minimum absolute atomic E-state index is 0.00566. The van der Waals surface area contributed by atoms with E-state index in [1.54, 1.807) is 43.0 Å². The molecule has 14 nitrogen and oxygen atoms in total. The molecule has 0 bridgehead atoms. The van der Waals surface area contributed by atoms with Crippen molar-refractivity contribution in [3.05, 3.63) is 77.2 Å². The molecule has 16 heteroatoms. The number of methoxy groups -OCH3 is 1.